The molecule has 0 saturated heterocycles. The van der Waals surface area contributed by atoms with E-state index < -0.39 is 5.91 Å². The molecule has 36 heavy (non-hydrogen) atoms. The molecule has 2 aromatic heterocycles. The van der Waals surface area contributed by atoms with Crippen molar-refractivity contribution in [3.63, 3.8) is 0 Å². The average molecular weight is 484 g/mol. The zero-order valence-corrected chi connectivity index (χ0v) is 21.1. The normalized spacial score (nSPS) is 15.3. The van der Waals surface area contributed by atoms with Crippen molar-refractivity contribution in [1.82, 2.24) is 25.1 Å². The smallest absolute Gasteiger partial charge is 0.267 e. The number of carbonyl (C=O) groups excluding carboxylic acids is 1. The van der Waals surface area contributed by atoms with Gasteiger partial charge in [-0.15, -0.1) is 0 Å². The molecular weight excluding hydrogens is 450 g/mol. The van der Waals surface area contributed by atoms with E-state index >= 15 is 0 Å². The summed E-state index contributed by atoms with van der Waals surface area (Å²) in [4.78, 5) is 17.4. The SMILES string of the molecule is Cc1ccc2c(CCN(Cc3cn(C)nc3C)C3CCc4cc(C=CC(=O)NO)ccc43)c[nH]c2c1. The number of nitrogens with zero attached hydrogens (tertiary/aromatic N) is 3. The molecule has 1 atom stereocenters. The fourth-order valence-corrected chi connectivity index (χ4v) is 5.45. The minimum Gasteiger partial charge on any atom is -0.361 e. The molecule has 2 heterocycles. The highest BCUT2D eigenvalue weighted by molar-refractivity contribution is 5.90. The number of aromatic nitrogens is 3. The van der Waals surface area contributed by atoms with E-state index in [0.29, 0.717) is 6.04 Å². The van der Waals surface area contributed by atoms with Gasteiger partial charge < -0.3 is 4.98 Å². The second-order valence-corrected chi connectivity index (χ2v) is 9.82. The minimum absolute atomic E-state index is 0.325. The summed E-state index contributed by atoms with van der Waals surface area (Å²) in [6.07, 6.45) is 10.4. The van der Waals surface area contributed by atoms with Crippen molar-refractivity contribution in [2.24, 2.45) is 7.05 Å². The lowest BCUT2D eigenvalue weighted by atomic mass is 10.0. The third-order valence-electron chi connectivity index (χ3n) is 7.27. The molecule has 2 aromatic carbocycles. The summed E-state index contributed by atoms with van der Waals surface area (Å²) in [5.74, 6) is -0.529. The first-order chi connectivity index (χ1) is 17.4. The van der Waals surface area contributed by atoms with Gasteiger partial charge in [0, 0.05) is 61.1 Å². The van der Waals surface area contributed by atoms with Gasteiger partial charge >= 0.3 is 0 Å². The number of carbonyl (C=O) groups is 1. The number of nitrogens with one attached hydrogen (secondary N) is 2. The summed E-state index contributed by atoms with van der Waals surface area (Å²) >= 11 is 0. The van der Waals surface area contributed by atoms with E-state index in [-0.39, 0.29) is 0 Å². The number of hydrogen-bond acceptors (Lipinski definition) is 4. The van der Waals surface area contributed by atoms with Crippen LogP contribution in [0.5, 0.6) is 0 Å². The van der Waals surface area contributed by atoms with Gasteiger partial charge in [0.05, 0.1) is 5.69 Å². The zero-order chi connectivity index (χ0) is 25.2. The Bertz CT molecular complexity index is 1430. The lowest BCUT2D eigenvalue weighted by molar-refractivity contribution is -0.124. The molecule has 7 heteroatoms. The van der Waals surface area contributed by atoms with E-state index in [2.05, 4.69) is 71.6 Å². The fraction of sp³-hybridized carbons (Fsp3) is 0.310. The molecule has 0 aliphatic heterocycles. The van der Waals surface area contributed by atoms with Crippen LogP contribution in [0.15, 0.2) is 54.9 Å². The summed E-state index contributed by atoms with van der Waals surface area (Å²) in [5.41, 5.74) is 11.4. The monoisotopic (exact) mass is 483 g/mol. The number of benzene rings is 2. The highest BCUT2D eigenvalue weighted by Crippen LogP contribution is 2.38. The highest BCUT2D eigenvalue weighted by atomic mass is 16.5. The topological polar surface area (TPSA) is 86.2 Å². The van der Waals surface area contributed by atoms with Gasteiger partial charge in [-0.25, -0.2) is 5.48 Å². The van der Waals surface area contributed by atoms with Crippen molar-refractivity contribution >= 4 is 22.9 Å². The van der Waals surface area contributed by atoms with Crippen LogP contribution in [-0.4, -0.2) is 37.3 Å². The molecule has 0 saturated carbocycles. The third-order valence-corrected chi connectivity index (χ3v) is 7.27. The molecular formula is C29H33N5O2. The highest BCUT2D eigenvalue weighted by Gasteiger charge is 2.29. The molecule has 4 aromatic rings. The number of rotatable bonds is 8. The number of amides is 1. The maximum absolute atomic E-state index is 11.4. The maximum Gasteiger partial charge on any atom is 0.267 e. The molecule has 1 unspecified atom stereocenters. The van der Waals surface area contributed by atoms with Gasteiger partial charge in [-0.1, -0.05) is 30.3 Å². The van der Waals surface area contributed by atoms with Crippen molar-refractivity contribution in [1.29, 1.82) is 0 Å². The second-order valence-electron chi connectivity index (χ2n) is 9.82. The van der Waals surface area contributed by atoms with E-state index in [9.17, 15) is 4.79 Å². The predicted octanol–water partition coefficient (Wildman–Crippen LogP) is 4.77. The molecule has 186 valence electrons. The first-order valence-electron chi connectivity index (χ1n) is 12.5. The summed E-state index contributed by atoms with van der Waals surface area (Å²) < 4.78 is 1.90. The van der Waals surface area contributed by atoms with E-state index in [1.54, 1.807) is 11.6 Å². The van der Waals surface area contributed by atoms with E-state index in [1.165, 1.54) is 44.8 Å². The summed E-state index contributed by atoms with van der Waals surface area (Å²) in [7, 11) is 1.98. The van der Waals surface area contributed by atoms with E-state index in [1.807, 2.05) is 17.8 Å². The Morgan fingerprint density at radius 3 is 2.89 bits per heavy atom. The van der Waals surface area contributed by atoms with Crippen molar-refractivity contribution < 1.29 is 10.0 Å². The number of hydrogen-bond donors (Lipinski definition) is 3. The first kappa shape index (κ1) is 24.0. The molecule has 1 amide bonds. The Hall–Kier alpha value is -3.68. The number of fused-ring (bicyclic) bond motifs is 2. The number of hydroxylamine groups is 1. The van der Waals surface area contributed by atoms with Gasteiger partial charge in [0.1, 0.15) is 0 Å². The van der Waals surface area contributed by atoms with Crippen LogP contribution >= 0.6 is 0 Å². The first-order valence-corrected chi connectivity index (χ1v) is 12.5. The van der Waals surface area contributed by atoms with Gasteiger partial charge in [-0.3, -0.25) is 19.6 Å². The third kappa shape index (κ3) is 4.98. The van der Waals surface area contributed by atoms with Gasteiger partial charge in [0.2, 0.25) is 0 Å². The Labute approximate surface area is 211 Å². The summed E-state index contributed by atoms with van der Waals surface area (Å²) in [6.45, 7) is 6.00. The van der Waals surface area contributed by atoms with Crippen LogP contribution in [0.2, 0.25) is 0 Å². The number of aryl methyl sites for hydroxylation is 4. The molecule has 7 nitrogen and oxygen atoms in total. The largest absolute Gasteiger partial charge is 0.361 e. The lowest BCUT2D eigenvalue weighted by Gasteiger charge is -2.29. The fourth-order valence-electron chi connectivity index (χ4n) is 5.45. The molecule has 0 bridgehead atoms. The molecule has 1 aliphatic rings. The molecule has 5 rings (SSSR count). The van der Waals surface area contributed by atoms with Crippen LogP contribution in [0.1, 0.15) is 51.5 Å². The predicted molar refractivity (Wildman–Crippen MR) is 142 cm³/mol. The van der Waals surface area contributed by atoms with Crippen LogP contribution in [0.25, 0.3) is 17.0 Å². The van der Waals surface area contributed by atoms with Crippen LogP contribution in [-0.2, 0) is 31.2 Å². The second kappa shape index (κ2) is 10.1. The zero-order valence-electron chi connectivity index (χ0n) is 21.1. The lowest BCUT2D eigenvalue weighted by Crippen LogP contribution is -2.29. The number of aromatic amines is 1. The van der Waals surface area contributed by atoms with Crippen LogP contribution in [0, 0.1) is 13.8 Å². The Balaban J connectivity index is 1.40. The summed E-state index contributed by atoms with van der Waals surface area (Å²) in [5, 5.41) is 14.6. The summed E-state index contributed by atoms with van der Waals surface area (Å²) in [6, 6.07) is 13.3. The molecule has 1 aliphatic carbocycles. The molecule has 3 N–H and O–H groups in total. The Morgan fingerprint density at radius 2 is 2.11 bits per heavy atom. The van der Waals surface area contributed by atoms with Gasteiger partial charge in [-0.05, 0) is 73.1 Å². The van der Waals surface area contributed by atoms with Gasteiger partial charge in [0.15, 0.2) is 0 Å². The van der Waals surface area contributed by atoms with Gasteiger partial charge in [0.25, 0.3) is 5.91 Å². The molecule has 0 radical (unpaired) electrons. The number of H-pyrrole nitrogens is 1. The molecule has 0 fully saturated rings. The maximum atomic E-state index is 11.4. The van der Waals surface area contributed by atoms with E-state index in [0.717, 1.165) is 43.6 Å². The standard InChI is InChI=1S/C29H33N5O2/c1-19-4-8-25-23(16-30-27(25)14-19)12-13-34(18-24-17-33(3)31-20(24)2)28-10-7-22-15-21(5-9-26(22)28)6-11-29(35)32-36/h4-6,8-9,11,14-17,28,30,36H,7,10,12-13,18H2,1-3H3,(H,32,35). The van der Waals surface area contributed by atoms with Crippen LogP contribution in [0.3, 0.4) is 0 Å². The van der Waals surface area contributed by atoms with Crippen molar-refractivity contribution in [2.75, 3.05) is 6.54 Å². The van der Waals surface area contributed by atoms with Crippen LogP contribution < -0.4 is 5.48 Å². The van der Waals surface area contributed by atoms with Crippen molar-refractivity contribution in [3.05, 3.63) is 93.9 Å². The van der Waals surface area contributed by atoms with Crippen molar-refractivity contribution in [3.8, 4) is 0 Å². The molecule has 0 spiro atoms. The average Bonchev–Trinajstić information content (AvgIpc) is 3.56. The Kier molecular flexibility index (Phi) is 6.76. The van der Waals surface area contributed by atoms with Crippen molar-refractivity contribution in [2.45, 2.75) is 45.7 Å². The minimum atomic E-state index is -0.529. The van der Waals surface area contributed by atoms with Crippen LogP contribution in [0.4, 0.5) is 0 Å². The Morgan fingerprint density at radius 1 is 1.25 bits per heavy atom. The quantitative estimate of drug-likeness (QED) is 0.191. The van der Waals surface area contributed by atoms with E-state index in [4.69, 9.17) is 5.21 Å². The van der Waals surface area contributed by atoms with Gasteiger partial charge in [-0.2, -0.15) is 5.10 Å².